The van der Waals surface area contributed by atoms with Crippen molar-refractivity contribution in [2.24, 2.45) is 0 Å². The van der Waals surface area contributed by atoms with E-state index in [1.165, 1.54) is 0 Å². The van der Waals surface area contributed by atoms with Crippen LogP contribution < -0.4 is 16.0 Å². The van der Waals surface area contributed by atoms with Gasteiger partial charge in [0.05, 0.1) is 5.56 Å². The maximum absolute atomic E-state index is 12.3. The Bertz CT molecular complexity index is 826. The lowest BCUT2D eigenvalue weighted by Crippen LogP contribution is -2.34. The second-order valence-electron chi connectivity index (χ2n) is 5.75. The van der Waals surface area contributed by atoms with Crippen molar-refractivity contribution in [3.63, 3.8) is 0 Å². The fraction of sp³-hybridized carbons (Fsp3) is 0.211. The number of benzene rings is 2. The summed E-state index contributed by atoms with van der Waals surface area (Å²) in [7, 11) is 0. The van der Waals surface area contributed by atoms with Crippen LogP contribution >= 0.6 is 28.1 Å². The first-order valence-electron chi connectivity index (χ1n) is 8.18. The van der Waals surface area contributed by atoms with Gasteiger partial charge >= 0.3 is 0 Å². The summed E-state index contributed by atoms with van der Waals surface area (Å²) in [6, 6.07) is 14.1. The Balaban J connectivity index is 2.01. The van der Waals surface area contributed by atoms with E-state index in [0.717, 1.165) is 6.42 Å². The molecule has 0 heterocycles. The van der Waals surface area contributed by atoms with Crippen molar-refractivity contribution in [3.8, 4) is 0 Å². The smallest absolute Gasteiger partial charge is 0.258 e. The Kier molecular flexibility index (Phi) is 7.29. The first kappa shape index (κ1) is 20.1. The Morgan fingerprint density at radius 3 is 2.54 bits per heavy atom. The molecule has 0 aliphatic rings. The molecular formula is C19H20BrN3O2S. The van der Waals surface area contributed by atoms with Gasteiger partial charge in [0.15, 0.2) is 5.11 Å². The number of hydrogen-bond donors (Lipinski definition) is 3. The molecule has 0 aromatic heterocycles. The Hall–Kier alpha value is -2.25. The van der Waals surface area contributed by atoms with Crippen molar-refractivity contribution in [2.45, 2.75) is 26.3 Å². The van der Waals surface area contributed by atoms with Crippen LogP contribution in [0, 0.1) is 0 Å². The van der Waals surface area contributed by atoms with E-state index in [1.54, 1.807) is 42.5 Å². The zero-order chi connectivity index (χ0) is 19.1. The zero-order valence-corrected chi connectivity index (χ0v) is 16.9. The summed E-state index contributed by atoms with van der Waals surface area (Å²) in [5.74, 6) is -0.466. The monoisotopic (exact) mass is 433 g/mol. The first-order chi connectivity index (χ1) is 12.4. The normalized spacial score (nSPS) is 11.3. The lowest BCUT2D eigenvalue weighted by atomic mass is 10.1. The minimum atomic E-state index is -0.319. The number of rotatable bonds is 5. The van der Waals surface area contributed by atoms with Crippen LogP contribution in [0.2, 0.25) is 0 Å². The van der Waals surface area contributed by atoms with E-state index in [2.05, 4.69) is 31.9 Å². The second kappa shape index (κ2) is 9.45. The van der Waals surface area contributed by atoms with E-state index in [1.807, 2.05) is 19.9 Å². The fourth-order valence-electron chi connectivity index (χ4n) is 2.13. The number of nitrogens with one attached hydrogen (secondary N) is 3. The van der Waals surface area contributed by atoms with E-state index in [0.29, 0.717) is 21.3 Å². The lowest BCUT2D eigenvalue weighted by molar-refractivity contribution is 0.0937. The summed E-state index contributed by atoms with van der Waals surface area (Å²) in [5.41, 5.74) is 1.63. The number of anilines is 1. The van der Waals surface area contributed by atoms with E-state index in [4.69, 9.17) is 12.2 Å². The van der Waals surface area contributed by atoms with Crippen molar-refractivity contribution < 1.29 is 9.59 Å². The molecule has 0 aliphatic heterocycles. The number of halogens is 1. The van der Waals surface area contributed by atoms with Gasteiger partial charge in [0, 0.05) is 21.8 Å². The van der Waals surface area contributed by atoms with E-state index in [-0.39, 0.29) is 23.0 Å². The summed E-state index contributed by atoms with van der Waals surface area (Å²) in [4.78, 5) is 24.5. The third-order valence-corrected chi connectivity index (χ3v) is 4.61. The summed E-state index contributed by atoms with van der Waals surface area (Å²) in [5, 5.41) is 8.62. The van der Waals surface area contributed by atoms with Gasteiger partial charge in [0.25, 0.3) is 11.8 Å². The van der Waals surface area contributed by atoms with Crippen LogP contribution in [0.3, 0.4) is 0 Å². The van der Waals surface area contributed by atoms with Crippen molar-refractivity contribution in [3.05, 3.63) is 64.1 Å². The standard InChI is InChI=1S/C19H20BrN3O2S/c1-3-12(2)21-17(24)13-7-6-8-14(11-13)22-19(26)23-18(25)15-9-4-5-10-16(15)20/h4-12H,3H2,1-2H3,(H,21,24)(H2,22,23,25,26). The zero-order valence-electron chi connectivity index (χ0n) is 14.5. The molecular weight excluding hydrogens is 414 g/mol. The van der Waals surface area contributed by atoms with Crippen molar-refractivity contribution in [2.75, 3.05) is 5.32 Å². The van der Waals surface area contributed by atoms with Gasteiger partial charge < -0.3 is 10.6 Å². The highest BCUT2D eigenvalue weighted by atomic mass is 79.9. The van der Waals surface area contributed by atoms with Crippen molar-refractivity contribution in [1.29, 1.82) is 0 Å². The van der Waals surface area contributed by atoms with Gasteiger partial charge in [-0.05, 0) is 71.8 Å². The maximum atomic E-state index is 12.3. The summed E-state index contributed by atoms with van der Waals surface area (Å²) < 4.78 is 0.684. The van der Waals surface area contributed by atoms with Crippen LogP contribution in [-0.4, -0.2) is 23.0 Å². The summed E-state index contributed by atoms with van der Waals surface area (Å²) in [6.07, 6.45) is 0.856. The average molecular weight is 434 g/mol. The molecule has 0 fully saturated rings. The minimum absolute atomic E-state index is 0.101. The molecule has 0 radical (unpaired) electrons. The molecule has 2 aromatic rings. The average Bonchev–Trinajstić information content (AvgIpc) is 2.61. The molecule has 5 nitrogen and oxygen atoms in total. The molecule has 0 saturated heterocycles. The molecule has 136 valence electrons. The van der Waals surface area contributed by atoms with E-state index in [9.17, 15) is 9.59 Å². The maximum Gasteiger partial charge on any atom is 0.258 e. The summed E-state index contributed by atoms with van der Waals surface area (Å²) in [6.45, 7) is 3.96. The molecule has 1 atom stereocenters. The molecule has 0 aliphatic carbocycles. The van der Waals surface area contributed by atoms with Gasteiger partial charge in [-0.3, -0.25) is 14.9 Å². The van der Waals surface area contributed by atoms with Gasteiger partial charge in [-0.15, -0.1) is 0 Å². The SMILES string of the molecule is CCC(C)NC(=O)c1cccc(NC(=S)NC(=O)c2ccccc2Br)c1. The number of thiocarbonyl (C=S) groups is 1. The van der Waals surface area contributed by atoms with Gasteiger partial charge in [-0.2, -0.15) is 0 Å². The predicted octanol–water partition coefficient (Wildman–Crippen LogP) is 4.10. The molecule has 3 N–H and O–H groups in total. The van der Waals surface area contributed by atoms with Gasteiger partial charge in [0.1, 0.15) is 0 Å². The van der Waals surface area contributed by atoms with Crippen LogP contribution in [0.25, 0.3) is 0 Å². The predicted molar refractivity (Wildman–Crippen MR) is 111 cm³/mol. The Morgan fingerprint density at radius 1 is 1.12 bits per heavy atom. The van der Waals surface area contributed by atoms with Crippen molar-refractivity contribution >= 4 is 50.8 Å². The molecule has 1 unspecified atom stereocenters. The molecule has 0 spiro atoms. The van der Waals surface area contributed by atoms with Crippen LogP contribution in [-0.2, 0) is 0 Å². The molecule has 2 rings (SSSR count). The number of carbonyl (C=O) groups is 2. The number of carbonyl (C=O) groups excluding carboxylic acids is 2. The lowest BCUT2D eigenvalue weighted by Gasteiger charge is -2.13. The number of amides is 2. The van der Waals surface area contributed by atoms with Crippen LogP contribution in [0.4, 0.5) is 5.69 Å². The van der Waals surface area contributed by atoms with Crippen LogP contribution in [0.5, 0.6) is 0 Å². The topological polar surface area (TPSA) is 70.2 Å². The first-order valence-corrected chi connectivity index (χ1v) is 9.38. The third kappa shape index (κ3) is 5.64. The highest BCUT2D eigenvalue weighted by molar-refractivity contribution is 9.10. The van der Waals surface area contributed by atoms with Crippen LogP contribution in [0.1, 0.15) is 41.0 Å². The number of hydrogen-bond acceptors (Lipinski definition) is 3. The molecule has 0 saturated carbocycles. The Morgan fingerprint density at radius 2 is 1.85 bits per heavy atom. The largest absolute Gasteiger partial charge is 0.350 e. The molecule has 0 bridgehead atoms. The summed E-state index contributed by atoms with van der Waals surface area (Å²) >= 11 is 8.53. The van der Waals surface area contributed by atoms with Gasteiger partial charge in [0.2, 0.25) is 0 Å². The third-order valence-electron chi connectivity index (χ3n) is 3.72. The highest BCUT2D eigenvalue weighted by Crippen LogP contribution is 2.16. The minimum Gasteiger partial charge on any atom is -0.350 e. The molecule has 26 heavy (non-hydrogen) atoms. The highest BCUT2D eigenvalue weighted by Gasteiger charge is 2.12. The van der Waals surface area contributed by atoms with E-state index >= 15 is 0 Å². The quantitative estimate of drug-likeness (QED) is 0.620. The Labute approximate surface area is 166 Å². The van der Waals surface area contributed by atoms with Gasteiger partial charge in [-0.25, -0.2) is 0 Å². The van der Waals surface area contributed by atoms with Crippen LogP contribution in [0.15, 0.2) is 53.0 Å². The fourth-order valence-corrected chi connectivity index (χ4v) is 2.80. The molecule has 2 amide bonds. The second-order valence-corrected chi connectivity index (χ2v) is 7.01. The molecule has 7 heteroatoms. The van der Waals surface area contributed by atoms with Crippen molar-refractivity contribution in [1.82, 2.24) is 10.6 Å². The molecule has 2 aromatic carbocycles. The van der Waals surface area contributed by atoms with Gasteiger partial charge in [-0.1, -0.05) is 25.1 Å². The van der Waals surface area contributed by atoms with E-state index < -0.39 is 0 Å².